The van der Waals surface area contributed by atoms with Crippen LogP contribution in [0.3, 0.4) is 0 Å². The molecule has 0 aliphatic heterocycles. The van der Waals surface area contributed by atoms with E-state index in [1.165, 1.54) is 0 Å². The van der Waals surface area contributed by atoms with Crippen molar-refractivity contribution in [2.24, 2.45) is 0 Å². The summed E-state index contributed by atoms with van der Waals surface area (Å²) >= 11 is 0. The lowest BCUT2D eigenvalue weighted by molar-refractivity contribution is 0.0959. The maximum absolute atomic E-state index is 11.9. The Labute approximate surface area is 111 Å². The molecule has 0 N–H and O–H groups in total. The van der Waals surface area contributed by atoms with Crippen molar-refractivity contribution in [3.63, 3.8) is 0 Å². The smallest absolute Gasteiger partial charge is 0.191 e. The third-order valence-corrected chi connectivity index (χ3v) is 8.23. The van der Waals surface area contributed by atoms with Gasteiger partial charge >= 0.3 is 0 Å². The summed E-state index contributed by atoms with van der Waals surface area (Å²) in [6.07, 6.45) is 0.469. The minimum atomic E-state index is -1.72. The van der Waals surface area contributed by atoms with E-state index in [2.05, 4.69) is 33.9 Å². The van der Waals surface area contributed by atoms with Crippen LogP contribution in [0.2, 0.25) is 18.1 Å². The standard InChI is InChI=1S/C15H24O2Si/c1-15(2,3)18(4,5)17-12-11-14(16)13-9-7-6-8-10-13/h6-10H,11-12H2,1-5H3. The number of Topliss-reactive ketones (excluding diaryl/α,β-unsaturated/α-hetero) is 1. The molecule has 2 nitrogen and oxygen atoms in total. The van der Waals surface area contributed by atoms with Gasteiger partial charge in [-0.25, -0.2) is 0 Å². The minimum absolute atomic E-state index is 0.161. The third kappa shape index (κ3) is 4.07. The average Bonchev–Trinajstić information content (AvgIpc) is 2.28. The molecule has 1 aromatic rings. The Hall–Kier alpha value is -0.933. The molecule has 0 radical (unpaired) electrons. The largest absolute Gasteiger partial charge is 0.416 e. The van der Waals surface area contributed by atoms with Crippen LogP contribution in [-0.4, -0.2) is 20.7 Å². The van der Waals surface area contributed by atoms with Crippen molar-refractivity contribution < 1.29 is 9.22 Å². The fraction of sp³-hybridized carbons (Fsp3) is 0.533. The number of benzene rings is 1. The minimum Gasteiger partial charge on any atom is -0.416 e. The summed E-state index contributed by atoms with van der Waals surface area (Å²) in [6.45, 7) is 11.6. The number of carbonyl (C=O) groups is 1. The zero-order valence-electron chi connectivity index (χ0n) is 12.1. The molecule has 3 heteroatoms. The quantitative estimate of drug-likeness (QED) is 0.586. The number of carbonyl (C=O) groups excluding carboxylic acids is 1. The highest BCUT2D eigenvalue weighted by atomic mass is 28.4. The fourth-order valence-corrected chi connectivity index (χ4v) is 2.43. The van der Waals surface area contributed by atoms with Gasteiger partial charge in [-0.15, -0.1) is 0 Å². The Morgan fingerprint density at radius 1 is 1.17 bits per heavy atom. The fourth-order valence-electron chi connectivity index (χ4n) is 1.38. The molecule has 1 aromatic carbocycles. The van der Waals surface area contributed by atoms with Gasteiger partial charge in [-0.1, -0.05) is 51.1 Å². The van der Waals surface area contributed by atoms with Crippen LogP contribution < -0.4 is 0 Å². The van der Waals surface area contributed by atoms with Crippen LogP contribution >= 0.6 is 0 Å². The molecule has 0 bridgehead atoms. The van der Waals surface area contributed by atoms with Crippen molar-refractivity contribution >= 4 is 14.1 Å². The summed E-state index contributed by atoms with van der Waals surface area (Å²) in [5.41, 5.74) is 0.774. The number of ketones is 1. The summed E-state index contributed by atoms with van der Waals surface area (Å²) in [6, 6.07) is 9.41. The lowest BCUT2D eigenvalue weighted by Gasteiger charge is -2.36. The molecule has 0 aliphatic rings. The van der Waals surface area contributed by atoms with E-state index in [1.54, 1.807) is 0 Å². The van der Waals surface area contributed by atoms with Crippen LogP contribution in [0.15, 0.2) is 30.3 Å². The Morgan fingerprint density at radius 3 is 2.22 bits per heavy atom. The second kappa shape index (κ2) is 5.80. The maximum Gasteiger partial charge on any atom is 0.191 e. The molecule has 18 heavy (non-hydrogen) atoms. The first-order chi connectivity index (χ1) is 8.24. The molecule has 0 unspecified atom stereocenters. The Kier molecular flexibility index (Phi) is 4.88. The van der Waals surface area contributed by atoms with E-state index >= 15 is 0 Å². The van der Waals surface area contributed by atoms with Gasteiger partial charge in [0.05, 0.1) is 0 Å². The van der Waals surface area contributed by atoms with E-state index < -0.39 is 8.32 Å². The van der Waals surface area contributed by atoms with Crippen molar-refractivity contribution in [1.29, 1.82) is 0 Å². The Bertz CT molecular complexity index is 391. The molecule has 0 heterocycles. The van der Waals surface area contributed by atoms with Gasteiger partial charge in [0.15, 0.2) is 14.1 Å². The van der Waals surface area contributed by atoms with Crippen LogP contribution in [0.25, 0.3) is 0 Å². The molecule has 0 aromatic heterocycles. The Morgan fingerprint density at radius 2 is 1.72 bits per heavy atom. The average molecular weight is 264 g/mol. The first-order valence-electron chi connectivity index (χ1n) is 6.46. The number of hydrogen-bond acceptors (Lipinski definition) is 2. The van der Waals surface area contributed by atoms with Crippen molar-refractivity contribution in [1.82, 2.24) is 0 Å². The van der Waals surface area contributed by atoms with Crippen molar-refractivity contribution in [3.05, 3.63) is 35.9 Å². The first-order valence-corrected chi connectivity index (χ1v) is 9.37. The summed E-state index contributed by atoms with van der Waals surface area (Å²) in [4.78, 5) is 11.9. The summed E-state index contributed by atoms with van der Waals surface area (Å²) in [5, 5.41) is 0.197. The van der Waals surface area contributed by atoms with Gasteiger partial charge in [-0.3, -0.25) is 4.79 Å². The van der Waals surface area contributed by atoms with E-state index in [0.29, 0.717) is 13.0 Å². The highest BCUT2D eigenvalue weighted by molar-refractivity contribution is 6.74. The molecule has 0 aliphatic carbocycles. The van der Waals surface area contributed by atoms with Crippen LogP contribution in [0, 0.1) is 0 Å². The van der Waals surface area contributed by atoms with E-state index in [-0.39, 0.29) is 10.8 Å². The second-order valence-electron chi connectivity index (χ2n) is 6.15. The van der Waals surface area contributed by atoms with Crippen LogP contribution in [0.1, 0.15) is 37.6 Å². The third-order valence-electron chi connectivity index (χ3n) is 3.69. The molecule has 0 atom stereocenters. The lowest BCUT2D eigenvalue weighted by atomic mass is 10.1. The SMILES string of the molecule is CC(C)(C)[Si](C)(C)OCCC(=O)c1ccccc1. The van der Waals surface area contributed by atoms with Gasteiger partial charge in [-0.05, 0) is 18.1 Å². The van der Waals surface area contributed by atoms with Gasteiger partial charge in [0.2, 0.25) is 0 Å². The molecule has 0 saturated heterocycles. The monoisotopic (exact) mass is 264 g/mol. The van der Waals surface area contributed by atoms with Gasteiger partial charge in [0.25, 0.3) is 0 Å². The normalized spacial score (nSPS) is 12.5. The molecule has 100 valence electrons. The van der Waals surface area contributed by atoms with Crippen LogP contribution in [0.4, 0.5) is 0 Å². The molecule has 0 spiro atoms. The molecule has 1 rings (SSSR count). The van der Waals surface area contributed by atoms with Crippen LogP contribution in [0.5, 0.6) is 0 Å². The van der Waals surface area contributed by atoms with Gasteiger partial charge < -0.3 is 4.43 Å². The van der Waals surface area contributed by atoms with Crippen molar-refractivity contribution in [3.8, 4) is 0 Å². The molecule has 0 fully saturated rings. The van der Waals surface area contributed by atoms with Crippen LogP contribution in [-0.2, 0) is 4.43 Å². The first kappa shape index (κ1) is 15.1. The summed E-state index contributed by atoms with van der Waals surface area (Å²) < 4.78 is 6.00. The highest BCUT2D eigenvalue weighted by Crippen LogP contribution is 2.36. The second-order valence-corrected chi connectivity index (χ2v) is 11.0. The molecular weight excluding hydrogens is 240 g/mol. The summed E-state index contributed by atoms with van der Waals surface area (Å²) in [7, 11) is -1.72. The maximum atomic E-state index is 11.9. The molecule has 0 amide bonds. The van der Waals surface area contributed by atoms with E-state index in [9.17, 15) is 4.79 Å². The number of rotatable bonds is 5. The summed E-state index contributed by atoms with van der Waals surface area (Å²) in [5.74, 6) is 0.161. The zero-order valence-corrected chi connectivity index (χ0v) is 13.1. The van der Waals surface area contributed by atoms with Crippen molar-refractivity contribution in [2.75, 3.05) is 6.61 Å². The van der Waals surface area contributed by atoms with Gasteiger partial charge in [-0.2, -0.15) is 0 Å². The zero-order chi connectivity index (χ0) is 13.8. The van der Waals surface area contributed by atoms with E-state index in [1.807, 2.05) is 30.3 Å². The Balaban J connectivity index is 2.46. The lowest BCUT2D eigenvalue weighted by Crippen LogP contribution is -2.41. The predicted octanol–water partition coefficient (Wildman–Crippen LogP) is 4.28. The van der Waals surface area contributed by atoms with Gasteiger partial charge in [0, 0.05) is 18.6 Å². The van der Waals surface area contributed by atoms with E-state index in [0.717, 1.165) is 5.56 Å². The molecule has 0 saturated carbocycles. The number of hydrogen-bond donors (Lipinski definition) is 0. The topological polar surface area (TPSA) is 26.3 Å². The van der Waals surface area contributed by atoms with Crippen molar-refractivity contribution in [2.45, 2.75) is 45.3 Å². The highest BCUT2D eigenvalue weighted by Gasteiger charge is 2.36. The van der Waals surface area contributed by atoms with Gasteiger partial charge in [0.1, 0.15) is 0 Å². The molecular formula is C15H24O2Si. The van der Waals surface area contributed by atoms with E-state index in [4.69, 9.17) is 4.43 Å². The predicted molar refractivity (Wildman–Crippen MR) is 78.5 cm³/mol.